The van der Waals surface area contributed by atoms with Gasteiger partial charge < -0.3 is 20.9 Å². The molecule has 170 valence electrons. The predicted molar refractivity (Wildman–Crippen MR) is 127 cm³/mol. The highest BCUT2D eigenvalue weighted by atomic mass is 127. The Labute approximate surface area is 195 Å². The molecule has 0 saturated carbocycles. The Balaban J connectivity index is 0.00000841. The molecule has 0 atom stereocenters. The number of benzene rings is 1. The number of amides is 2. The van der Waals surface area contributed by atoms with Gasteiger partial charge in [0.25, 0.3) is 0 Å². The lowest BCUT2D eigenvalue weighted by molar-refractivity contribution is -0.129. The van der Waals surface area contributed by atoms with E-state index in [1.54, 1.807) is 47.1 Å². The van der Waals surface area contributed by atoms with E-state index < -0.39 is 15.4 Å². The van der Waals surface area contributed by atoms with Crippen LogP contribution in [0.1, 0.15) is 19.4 Å². The van der Waals surface area contributed by atoms with Crippen LogP contribution in [-0.2, 0) is 26.2 Å². The summed E-state index contributed by atoms with van der Waals surface area (Å²) in [4.78, 5) is 29.7. The molecule has 10 nitrogen and oxygen atoms in total. The fourth-order valence-corrected chi connectivity index (χ4v) is 2.69. The van der Waals surface area contributed by atoms with E-state index in [2.05, 4.69) is 20.9 Å². The fraction of sp³-hybridized carbons (Fsp3) is 0.500. The van der Waals surface area contributed by atoms with Gasteiger partial charge in [0, 0.05) is 27.7 Å². The van der Waals surface area contributed by atoms with Crippen LogP contribution in [0.15, 0.2) is 34.2 Å². The molecule has 0 unspecified atom stereocenters. The highest BCUT2D eigenvalue weighted by Gasteiger charge is 2.26. The Morgan fingerprint density at radius 2 is 1.70 bits per heavy atom. The molecule has 1 aromatic carbocycles. The number of carbonyl (C=O) groups is 2. The second-order valence-electron chi connectivity index (χ2n) is 7.31. The average molecular weight is 554 g/mol. The molecule has 5 N–H and O–H groups in total. The average Bonchev–Trinajstić information content (AvgIpc) is 2.65. The van der Waals surface area contributed by atoms with Gasteiger partial charge in [0.1, 0.15) is 0 Å². The number of carbonyl (C=O) groups excluding carboxylic acids is 2. The zero-order valence-corrected chi connectivity index (χ0v) is 21.0. The van der Waals surface area contributed by atoms with Crippen molar-refractivity contribution < 1.29 is 18.0 Å². The number of nitrogens with one attached hydrogen (secondary N) is 3. The van der Waals surface area contributed by atoms with Crippen molar-refractivity contribution >= 4 is 51.8 Å². The summed E-state index contributed by atoms with van der Waals surface area (Å²) in [5.41, 5.74) is 0.0582. The van der Waals surface area contributed by atoms with Crippen molar-refractivity contribution in [3.05, 3.63) is 29.8 Å². The van der Waals surface area contributed by atoms with Crippen molar-refractivity contribution in [1.29, 1.82) is 0 Å². The topological polar surface area (TPSA) is 146 Å². The van der Waals surface area contributed by atoms with E-state index in [1.165, 1.54) is 17.0 Å². The fourth-order valence-electron chi connectivity index (χ4n) is 2.17. The molecular formula is C18H31IN6O4S. The van der Waals surface area contributed by atoms with Gasteiger partial charge in [-0.1, -0.05) is 12.1 Å². The van der Waals surface area contributed by atoms with Gasteiger partial charge in [-0.3, -0.25) is 9.59 Å². The second kappa shape index (κ2) is 12.1. The van der Waals surface area contributed by atoms with E-state index in [4.69, 9.17) is 5.14 Å². The van der Waals surface area contributed by atoms with Crippen molar-refractivity contribution in [2.24, 2.45) is 15.5 Å². The number of rotatable bonds is 8. The van der Waals surface area contributed by atoms with Crippen LogP contribution in [0, 0.1) is 5.41 Å². The lowest BCUT2D eigenvalue weighted by Crippen LogP contribution is -2.48. The van der Waals surface area contributed by atoms with E-state index in [1.807, 2.05) is 0 Å². The lowest BCUT2D eigenvalue weighted by Gasteiger charge is -2.24. The first-order valence-electron chi connectivity index (χ1n) is 8.93. The molecule has 12 heteroatoms. The molecule has 0 aromatic heterocycles. The van der Waals surface area contributed by atoms with Crippen LogP contribution in [0.2, 0.25) is 0 Å². The Bertz CT molecular complexity index is 854. The highest BCUT2D eigenvalue weighted by Crippen LogP contribution is 2.13. The number of primary sulfonamides is 1. The molecule has 1 rings (SSSR count). The molecule has 0 aliphatic carbocycles. The number of likely N-dealkylation sites (N-methyl/N-ethyl adjacent to an activating group) is 1. The molecule has 2 amide bonds. The Morgan fingerprint density at radius 1 is 1.13 bits per heavy atom. The van der Waals surface area contributed by atoms with Crippen LogP contribution < -0.4 is 21.1 Å². The standard InChI is InChI=1S/C18H30N6O4S.HI/c1-18(2,16(26)20-3)12-23-17(22-11-15(25)24(4)5)21-10-13-6-8-14(9-7-13)29(19,27)28;/h6-9H,10-12H2,1-5H3,(H,20,26)(H2,19,27,28)(H2,21,22,23);1H. The summed E-state index contributed by atoms with van der Waals surface area (Å²) < 4.78 is 22.7. The van der Waals surface area contributed by atoms with E-state index >= 15 is 0 Å². The summed E-state index contributed by atoms with van der Waals surface area (Å²) >= 11 is 0. The van der Waals surface area contributed by atoms with Crippen LogP contribution in [0.5, 0.6) is 0 Å². The summed E-state index contributed by atoms with van der Waals surface area (Å²) in [5, 5.41) is 13.7. The van der Waals surface area contributed by atoms with Crippen LogP contribution in [-0.4, -0.2) is 65.3 Å². The number of hydrogen-bond donors (Lipinski definition) is 4. The first-order valence-corrected chi connectivity index (χ1v) is 10.5. The maximum Gasteiger partial charge on any atom is 0.241 e. The molecule has 0 saturated heterocycles. The maximum atomic E-state index is 12.0. The molecule has 0 aliphatic rings. The number of sulfonamides is 1. The molecule has 0 spiro atoms. The van der Waals surface area contributed by atoms with E-state index in [0.717, 1.165) is 5.56 Å². The number of hydrogen-bond acceptors (Lipinski definition) is 5. The number of nitrogens with zero attached hydrogens (tertiary/aromatic N) is 2. The van der Waals surface area contributed by atoms with Crippen molar-refractivity contribution in [2.45, 2.75) is 25.3 Å². The molecule has 0 radical (unpaired) electrons. The summed E-state index contributed by atoms with van der Waals surface area (Å²) in [6.07, 6.45) is 0. The third-order valence-corrected chi connectivity index (χ3v) is 5.05. The second-order valence-corrected chi connectivity index (χ2v) is 8.87. The van der Waals surface area contributed by atoms with Crippen LogP contribution in [0.3, 0.4) is 0 Å². The van der Waals surface area contributed by atoms with E-state index in [9.17, 15) is 18.0 Å². The Kier molecular flexibility index (Phi) is 11.3. The number of halogens is 1. The third kappa shape index (κ3) is 9.26. The highest BCUT2D eigenvalue weighted by molar-refractivity contribution is 14.0. The van der Waals surface area contributed by atoms with Gasteiger partial charge in [-0.15, -0.1) is 24.0 Å². The molecule has 0 fully saturated rings. The largest absolute Gasteiger partial charge is 0.359 e. The van der Waals surface area contributed by atoms with Crippen LogP contribution in [0.25, 0.3) is 0 Å². The first-order chi connectivity index (χ1) is 13.4. The zero-order valence-electron chi connectivity index (χ0n) is 17.9. The van der Waals surface area contributed by atoms with Gasteiger partial charge in [0.05, 0.1) is 23.4 Å². The SMILES string of the molecule is CNC(=O)C(C)(C)CNC(=NCc1ccc(S(N)(=O)=O)cc1)NCC(=O)N(C)C.I. The van der Waals surface area contributed by atoms with Crippen LogP contribution >= 0.6 is 24.0 Å². The molecule has 0 bridgehead atoms. The van der Waals surface area contributed by atoms with Crippen molar-refractivity contribution in [3.63, 3.8) is 0 Å². The molecule has 0 heterocycles. The van der Waals surface area contributed by atoms with Gasteiger partial charge in [-0.25, -0.2) is 18.5 Å². The summed E-state index contributed by atoms with van der Waals surface area (Å²) in [6, 6.07) is 6.04. The molecule has 1 aromatic rings. The smallest absolute Gasteiger partial charge is 0.241 e. The summed E-state index contributed by atoms with van der Waals surface area (Å²) in [5.74, 6) is 0.0857. The van der Waals surface area contributed by atoms with Crippen molar-refractivity contribution in [1.82, 2.24) is 20.9 Å². The van der Waals surface area contributed by atoms with Gasteiger partial charge in [0.2, 0.25) is 21.8 Å². The third-order valence-electron chi connectivity index (χ3n) is 4.12. The molecular weight excluding hydrogens is 523 g/mol. The monoisotopic (exact) mass is 554 g/mol. The van der Waals surface area contributed by atoms with Crippen molar-refractivity contribution in [3.8, 4) is 0 Å². The Hall–Kier alpha value is -1.93. The Morgan fingerprint density at radius 3 is 2.17 bits per heavy atom. The molecule has 0 aliphatic heterocycles. The molecule has 30 heavy (non-hydrogen) atoms. The normalized spacial score (nSPS) is 11.9. The first kappa shape index (κ1) is 28.1. The van der Waals surface area contributed by atoms with Gasteiger partial charge in [0.15, 0.2) is 5.96 Å². The maximum absolute atomic E-state index is 12.0. The minimum absolute atomic E-state index is 0. The van der Waals surface area contributed by atoms with E-state index in [-0.39, 0.29) is 53.8 Å². The number of aliphatic imine (C=N–C) groups is 1. The van der Waals surface area contributed by atoms with Gasteiger partial charge in [-0.05, 0) is 31.5 Å². The minimum atomic E-state index is -3.75. The van der Waals surface area contributed by atoms with Crippen molar-refractivity contribution in [2.75, 3.05) is 34.2 Å². The zero-order chi connectivity index (χ0) is 22.2. The predicted octanol–water partition coefficient (Wildman–Crippen LogP) is -0.152. The number of guanidine groups is 1. The number of nitrogens with two attached hydrogens (primary N) is 1. The summed E-state index contributed by atoms with van der Waals surface area (Å²) in [7, 11) is 1.11. The lowest BCUT2D eigenvalue weighted by atomic mass is 9.92. The van der Waals surface area contributed by atoms with Gasteiger partial charge in [-0.2, -0.15) is 0 Å². The van der Waals surface area contributed by atoms with Gasteiger partial charge >= 0.3 is 0 Å². The van der Waals surface area contributed by atoms with Crippen LogP contribution in [0.4, 0.5) is 0 Å². The minimum Gasteiger partial charge on any atom is -0.359 e. The quantitative estimate of drug-likeness (QED) is 0.200. The van der Waals surface area contributed by atoms with E-state index in [0.29, 0.717) is 12.5 Å². The summed E-state index contributed by atoms with van der Waals surface area (Å²) in [6.45, 7) is 4.13.